The van der Waals surface area contributed by atoms with Crippen molar-refractivity contribution in [2.24, 2.45) is 0 Å². The lowest BCUT2D eigenvalue weighted by molar-refractivity contribution is -0.137. The second-order valence-electron chi connectivity index (χ2n) is 6.49. The number of carbonyl (C=O) groups excluding carboxylic acids is 2. The topological polar surface area (TPSA) is 88.9 Å². The van der Waals surface area contributed by atoms with Crippen molar-refractivity contribution < 1.29 is 22.8 Å². The normalized spacial score (nSPS) is 12.3. The van der Waals surface area contributed by atoms with Gasteiger partial charge in [-0.25, -0.2) is 9.67 Å². The fourth-order valence-electron chi connectivity index (χ4n) is 2.91. The van der Waals surface area contributed by atoms with Crippen LogP contribution in [0.4, 0.5) is 18.9 Å². The lowest BCUT2D eigenvalue weighted by atomic mass is 10.0. The second-order valence-corrected chi connectivity index (χ2v) is 6.49. The van der Waals surface area contributed by atoms with E-state index >= 15 is 0 Å². The van der Waals surface area contributed by atoms with Crippen molar-refractivity contribution in [3.8, 4) is 5.69 Å². The Labute approximate surface area is 169 Å². The van der Waals surface area contributed by atoms with Gasteiger partial charge in [0.2, 0.25) is 11.8 Å². The van der Waals surface area contributed by atoms with E-state index in [-0.39, 0.29) is 23.7 Å². The summed E-state index contributed by atoms with van der Waals surface area (Å²) in [5, 5.41) is 9.10. The van der Waals surface area contributed by atoms with E-state index in [0.717, 1.165) is 12.1 Å². The number of hydrogen-bond donors (Lipinski definition) is 2. The third-order valence-corrected chi connectivity index (χ3v) is 4.23. The SMILES string of the molecule is CC(=O)NC(CC(=O)Nc1cc(C(F)(F)F)ccc1-n1cncn1)c1ccccc1. The van der Waals surface area contributed by atoms with E-state index in [1.807, 2.05) is 0 Å². The number of rotatable bonds is 6. The van der Waals surface area contributed by atoms with Crippen molar-refractivity contribution >= 4 is 17.5 Å². The van der Waals surface area contributed by atoms with E-state index < -0.39 is 23.7 Å². The lowest BCUT2D eigenvalue weighted by Crippen LogP contribution is -2.30. The lowest BCUT2D eigenvalue weighted by Gasteiger charge is -2.19. The predicted octanol–water partition coefficient (Wildman–Crippen LogP) is 3.49. The maximum Gasteiger partial charge on any atom is 0.416 e. The van der Waals surface area contributed by atoms with E-state index in [1.165, 1.54) is 30.3 Å². The van der Waals surface area contributed by atoms with Crippen LogP contribution < -0.4 is 10.6 Å². The first-order valence-corrected chi connectivity index (χ1v) is 8.92. The number of anilines is 1. The molecule has 1 atom stereocenters. The summed E-state index contributed by atoms with van der Waals surface area (Å²) in [6, 6.07) is 11.1. The standard InChI is InChI=1S/C20H18F3N5O2/c1-13(29)26-16(14-5-3-2-4-6-14)10-19(30)27-17-9-15(20(21,22)23)7-8-18(17)28-12-24-11-25-28/h2-9,11-12,16H,10H2,1H3,(H,26,29)(H,27,30). The fourth-order valence-corrected chi connectivity index (χ4v) is 2.91. The number of alkyl halides is 3. The molecule has 0 aliphatic carbocycles. The zero-order valence-corrected chi connectivity index (χ0v) is 15.8. The molecule has 0 saturated heterocycles. The second kappa shape index (κ2) is 8.76. The van der Waals surface area contributed by atoms with Gasteiger partial charge < -0.3 is 10.6 Å². The number of amides is 2. The molecular formula is C20H18F3N5O2. The largest absolute Gasteiger partial charge is 0.416 e. The molecule has 0 aliphatic heterocycles. The van der Waals surface area contributed by atoms with Crippen LogP contribution in [-0.4, -0.2) is 26.6 Å². The van der Waals surface area contributed by atoms with Gasteiger partial charge in [-0.2, -0.15) is 18.3 Å². The molecule has 0 spiro atoms. The average Bonchev–Trinajstić information content (AvgIpc) is 3.21. The summed E-state index contributed by atoms with van der Waals surface area (Å²) in [6.45, 7) is 1.32. The summed E-state index contributed by atoms with van der Waals surface area (Å²) in [4.78, 5) is 28.0. The van der Waals surface area contributed by atoms with Gasteiger partial charge in [-0.05, 0) is 23.8 Å². The number of halogens is 3. The van der Waals surface area contributed by atoms with Gasteiger partial charge in [-0.3, -0.25) is 9.59 Å². The van der Waals surface area contributed by atoms with Gasteiger partial charge in [0.15, 0.2) is 0 Å². The van der Waals surface area contributed by atoms with Crippen molar-refractivity contribution in [1.29, 1.82) is 0 Å². The number of aromatic nitrogens is 3. The first-order chi connectivity index (χ1) is 14.2. The first kappa shape index (κ1) is 21.0. The van der Waals surface area contributed by atoms with Crippen molar-refractivity contribution in [3.63, 3.8) is 0 Å². The molecule has 2 amide bonds. The summed E-state index contributed by atoms with van der Waals surface area (Å²) in [5.41, 5.74) is -0.0638. The van der Waals surface area contributed by atoms with Crippen LogP contribution >= 0.6 is 0 Å². The van der Waals surface area contributed by atoms with Gasteiger partial charge in [0.1, 0.15) is 12.7 Å². The zero-order chi connectivity index (χ0) is 21.7. The van der Waals surface area contributed by atoms with E-state index in [0.29, 0.717) is 5.56 Å². The van der Waals surface area contributed by atoms with Crippen LogP contribution in [0.1, 0.15) is 30.5 Å². The van der Waals surface area contributed by atoms with Crippen molar-refractivity contribution in [2.75, 3.05) is 5.32 Å². The molecule has 0 radical (unpaired) electrons. The average molecular weight is 417 g/mol. The molecule has 1 heterocycles. The van der Waals surface area contributed by atoms with Crippen LogP contribution in [0.2, 0.25) is 0 Å². The molecule has 0 saturated carbocycles. The number of nitrogens with one attached hydrogen (secondary N) is 2. The number of benzene rings is 2. The number of hydrogen-bond acceptors (Lipinski definition) is 4. The van der Waals surface area contributed by atoms with Crippen LogP contribution in [0, 0.1) is 0 Å². The Bertz CT molecular complexity index is 1020. The van der Waals surface area contributed by atoms with Crippen LogP contribution in [-0.2, 0) is 15.8 Å². The molecule has 1 unspecified atom stereocenters. The van der Waals surface area contributed by atoms with Gasteiger partial charge in [0.25, 0.3) is 0 Å². The van der Waals surface area contributed by atoms with E-state index in [1.54, 1.807) is 30.3 Å². The minimum Gasteiger partial charge on any atom is -0.349 e. The number of carbonyl (C=O) groups is 2. The molecule has 10 heteroatoms. The van der Waals surface area contributed by atoms with Gasteiger partial charge in [-0.15, -0.1) is 0 Å². The third-order valence-electron chi connectivity index (χ3n) is 4.23. The molecule has 3 rings (SSSR count). The van der Waals surface area contributed by atoms with Crippen molar-refractivity contribution in [2.45, 2.75) is 25.6 Å². The van der Waals surface area contributed by atoms with Crippen LogP contribution in [0.25, 0.3) is 5.69 Å². The summed E-state index contributed by atoms with van der Waals surface area (Å²) < 4.78 is 40.7. The molecule has 0 fully saturated rings. The van der Waals surface area contributed by atoms with E-state index in [4.69, 9.17) is 0 Å². The fraction of sp³-hybridized carbons (Fsp3) is 0.200. The van der Waals surface area contributed by atoms with E-state index in [9.17, 15) is 22.8 Å². The maximum atomic E-state index is 13.2. The Kier molecular flexibility index (Phi) is 6.14. The Morgan fingerprint density at radius 2 is 1.87 bits per heavy atom. The number of nitrogens with zero attached hydrogens (tertiary/aromatic N) is 3. The Hall–Kier alpha value is -3.69. The zero-order valence-electron chi connectivity index (χ0n) is 15.8. The molecule has 0 aliphatic rings. The smallest absolute Gasteiger partial charge is 0.349 e. The molecule has 156 valence electrons. The monoisotopic (exact) mass is 417 g/mol. The summed E-state index contributed by atoms with van der Waals surface area (Å²) in [5.74, 6) is -0.905. The molecule has 30 heavy (non-hydrogen) atoms. The first-order valence-electron chi connectivity index (χ1n) is 8.92. The van der Waals surface area contributed by atoms with Gasteiger partial charge in [-0.1, -0.05) is 30.3 Å². The molecule has 2 N–H and O–H groups in total. The Morgan fingerprint density at radius 1 is 1.13 bits per heavy atom. The maximum absolute atomic E-state index is 13.2. The van der Waals surface area contributed by atoms with E-state index in [2.05, 4.69) is 20.7 Å². The highest BCUT2D eigenvalue weighted by atomic mass is 19.4. The van der Waals surface area contributed by atoms with Crippen LogP contribution in [0.15, 0.2) is 61.2 Å². The molecule has 0 bridgehead atoms. The van der Waals surface area contributed by atoms with Gasteiger partial charge >= 0.3 is 6.18 Å². The summed E-state index contributed by atoms with van der Waals surface area (Å²) >= 11 is 0. The van der Waals surface area contributed by atoms with Crippen LogP contribution in [0.5, 0.6) is 0 Å². The minimum absolute atomic E-state index is 0.0741. The summed E-state index contributed by atoms with van der Waals surface area (Å²) in [6.07, 6.45) is -2.21. The summed E-state index contributed by atoms with van der Waals surface area (Å²) in [7, 11) is 0. The molecule has 3 aromatic rings. The highest BCUT2D eigenvalue weighted by molar-refractivity contribution is 5.93. The van der Waals surface area contributed by atoms with Crippen molar-refractivity contribution in [1.82, 2.24) is 20.1 Å². The van der Waals surface area contributed by atoms with Gasteiger partial charge in [0.05, 0.1) is 29.4 Å². The Balaban J connectivity index is 1.88. The highest BCUT2D eigenvalue weighted by Crippen LogP contribution is 2.33. The predicted molar refractivity (Wildman–Crippen MR) is 103 cm³/mol. The van der Waals surface area contributed by atoms with Gasteiger partial charge in [0, 0.05) is 6.92 Å². The molecule has 1 aromatic heterocycles. The Morgan fingerprint density at radius 3 is 2.47 bits per heavy atom. The third kappa shape index (κ3) is 5.22. The minimum atomic E-state index is -4.58. The van der Waals surface area contributed by atoms with Crippen molar-refractivity contribution in [3.05, 3.63) is 72.3 Å². The molecular weight excluding hydrogens is 399 g/mol. The highest BCUT2D eigenvalue weighted by Gasteiger charge is 2.31. The quantitative estimate of drug-likeness (QED) is 0.643. The van der Waals surface area contributed by atoms with Crippen LogP contribution in [0.3, 0.4) is 0 Å². The molecule has 7 nitrogen and oxygen atoms in total. The molecule has 2 aromatic carbocycles.